The quantitative estimate of drug-likeness (QED) is 0.378. The van der Waals surface area contributed by atoms with E-state index in [-0.39, 0.29) is 30.0 Å². The van der Waals surface area contributed by atoms with Crippen LogP contribution < -0.4 is 0 Å². The average molecular weight is 486 g/mol. The zero-order valence-corrected chi connectivity index (χ0v) is 21.0. The predicted octanol–water partition coefficient (Wildman–Crippen LogP) is 7.59. The van der Waals surface area contributed by atoms with Crippen molar-refractivity contribution < 1.29 is 9.53 Å². The number of allylic oxidation sites excluding steroid dienone is 1. The molecule has 2 aliphatic heterocycles. The van der Waals surface area contributed by atoms with Crippen molar-refractivity contribution in [3.8, 4) is 0 Å². The van der Waals surface area contributed by atoms with E-state index in [0.29, 0.717) is 16.5 Å². The largest absolute Gasteiger partial charge is 0.376 e. The number of hydrogen-bond acceptors (Lipinski definition) is 2. The Kier molecular flexibility index (Phi) is 7.53. The SMILES string of the molecule is C=CC[C@@]1(C)C[C@H](c2cccc(Cl)c2)C(c2ccc(Cl)cc2)N([C@@H](CC)[C@H]2CCCO2)C1=O. The smallest absolute Gasteiger partial charge is 0.229 e. The first-order valence-corrected chi connectivity index (χ1v) is 12.7. The number of halogens is 2. The third-order valence-corrected chi connectivity index (χ3v) is 7.84. The molecule has 0 radical (unpaired) electrons. The molecular formula is C28H33Cl2NO2. The first-order chi connectivity index (χ1) is 15.9. The number of hydrogen-bond donors (Lipinski definition) is 0. The van der Waals surface area contributed by atoms with E-state index in [1.54, 1.807) is 0 Å². The number of carbonyl (C=O) groups is 1. The topological polar surface area (TPSA) is 29.5 Å². The van der Waals surface area contributed by atoms with Crippen LogP contribution in [0.2, 0.25) is 10.0 Å². The molecule has 1 amide bonds. The van der Waals surface area contributed by atoms with Crippen molar-refractivity contribution in [2.75, 3.05) is 6.61 Å². The Balaban J connectivity index is 1.89. The number of benzene rings is 2. The molecule has 0 bridgehead atoms. The van der Waals surface area contributed by atoms with Gasteiger partial charge in [0.1, 0.15) is 0 Å². The van der Waals surface area contributed by atoms with Gasteiger partial charge in [-0.2, -0.15) is 0 Å². The summed E-state index contributed by atoms with van der Waals surface area (Å²) in [4.78, 5) is 16.4. The van der Waals surface area contributed by atoms with Crippen LogP contribution in [0.3, 0.4) is 0 Å². The van der Waals surface area contributed by atoms with Gasteiger partial charge >= 0.3 is 0 Å². The normalized spacial score (nSPS) is 28.7. The zero-order valence-electron chi connectivity index (χ0n) is 19.5. The molecule has 2 aliphatic rings. The molecule has 2 saturated heterocycles. The van der Waals surface area contributed by atoms with Gasteiger partial charge in [-0.25, -0.2) is 0 Å². The maximum Gasteiger partial charge on any atom is 0.229 e. The van der Waals surface area contributed by atoms with Gasteiger partial charge in [-0.3, -0.25) is 4.79 Å². The number of amides is 1. The Morgan fingerprint density at radius 2 is 1.94 bits per heavy atom. The van der Waals surface area contributed by atoms with E-state index in [2.05, 4.69) is 43.5 Å². The van der Waals surface area contributed by atoms with E-state index in [0.717, 1.165) is 43.4 Å². The fourth-order valence-electron chi connectivity index (χ4n) is 5.80. The summed E-state index contributed by atoms with van der Waals surface area (Å²) in [6.45, 7) is 8.97. The highest BCUT2D eigenvalue weighted by atomic mass is 35.5. The van der Waals surface area contributed by atoms with Crippen molar-refractivity contribution in [2.24, 2.45) is 5.41 Å². The first kappa shape index (κ1) is 24.3. The Bertz CT molecular complexity index is 986. The van der Waals surface area contributed by atoms with Crippen LogP contribution in [-0.2, 0) is 9.53 Å². The van der Waals surface area contributed by atoms with Gasteiger partial charge in [-0.1, -0.05) is 67.4 Å². The molecule has 0 N–H and O–H groups in total. The van der Waals surface area contributed by atoms with Crippen molar-refractivity contribution in [1.29, 1.82) is 0 Å². The van der Waals surface area contributed by atoms with Gasteiger partial charge < -0.3 is 9.64 Å². The molecule has 4 rings (SSSR count). The second-order valence-corrected chi connectivity index (χ2v) is 10.5. The van der Waals surface area contributed by atoms with Gasteiger partial charge in [0, 0.05) is 22.6 Å². The molecule has 33 heavy (non-hydrogen) atoms. The molecule has 5 heteroatoms. The van der Waals surface area contributed by atoms with Gasteiger partial charge in [-0.05, 0) is 67.5 Å². The number of ether oxygens (including phenoxy) is 1. The van der Waals surface area contributed by atoms with Crippen LogP contribution in [0, 0.1) is 5.41 Å². The molecule has 2 aromatic rings. The van der Waals surface area contributed by atoms with Crippen LogP contribution in [0.5, 0.6) is 0 Å². The fraction of sp³-hybridized carbons (Fsp3) is 0.464. The minimum absolute atomic E-state index is 0.00630. The summed E-state index contributed by atoms with van der Waals surface area (Å²) in [6.07, 6.45) is 6.15. The predicted molar refractivity (Wildman–Crippen MR) is 136 cm³/mol. The molecule has 0 saturated carbocycles. The van der Waals surface area contributed by atoms with Crippen LogP contribution in [0.15, 0.2) is 61.2 Å². The molecule has 5 atom stereocenters. The van der Waals surface area contributed by atoms with Crippen LogP contribution >= 0.6 is 23.2 Å². The van der Waals surface area contributed by atoms with Gasteiger partial charge in [0.15, 0.2) is 0 Å². The highest BCUT2D eigenvalue weighted by Gasteiger charge is 2.52. The van der Waals surface area contributed by atoms with E-state index in [1.165, 1.54) is 0 Å². The number of likely N-dealkylation sites (tertiary alicyclic amines) is 1. The van der Waals surface area contributed by atoms with E-state index in [9.17, 15) is 4.79 Å². The molecule has 3 nitrogen and oxygen atoms in total. The lowest BCUT2D eigenvalue weighted by Crippen LogP contribution is -2.58. The highest BCUT2D eigenvalue weighted by molar-refractivity contribution is 6.30. The number of piperidine rings is 1. The second kappa shape index (κ2) is 10.2. The molecule has 0 aliphatic carbocycles. The summed E-state index contributed by atoms with van der Waals surface area (Å²) in [6, 6.07) is 15.9. The van der Waals surface area contributed by atoms with E-state index >= 15 is 0 Å². The molecular weight excluding hydrogens is 453 g/mol. The third kappa shape index (κ3) is 4.87. The summed E-state index contributed by atoms with van der Waals surface area (Å²) in [5, 5.41) is 1.40. The van der Waals surface area contributed by atoms with Crippen molar-refractivity contribution >= 4 is 29.1 Å². The van der Waals surface area contributed by atoms with Crippen molar-refractivity contribution in [1.82, 2.24) is 4.90 Å². The maximum atomic E-state index is 14.3. The zero-order chi connectivity index (χ0) is 23.6. The monoisotopic (exact) mass is 485 g/mol. The van der Waals surface area contributed by atoms with Crippen LogP contribution in [0.1, 0.15) is 69.0 Å². The summed E-state index contributed by atoms with van der Waals surface area (Å²) in [5.41, 5.74) is 1.70. The first-order valence-electron chi connectivity index (χ1n) is 11.9. The fourth-order valence-corrected chi connectivity index (χ4v) is 6.12. The summed E-state index contributed by atoms with van der Waals surface area (Å²) in [5.74, 6) is 0.269. The van der Waals surface area contributed by atoms with Crippen LogP contribution in [-0.4, -0.2) is 29.6 Å². The summed E-state index contributed by atoms with van der Waals surface area (Å²) >= 11 is 12.7. The maximum absolute atomic E-state index is 14.3. The van der Waals surface area contributed by atoms with Crippen molar-refractivity contribution in [3.05, 3.63) is 82.4 Å². The molecule has 2 fully saturated rings. The molecule has 1 unspecified atom stereocenters. The standard InChI is InChI=1S/C28H33Cl2NO2/c1-4-15-28(3)18-23(20-8-6-9-22(30)17-20)26(19-11-13-21(29)14-12-19)31(27(28)32)24(5-2)25-10-7-16-33-25/h4,6,8-9,11-14,17,23-26H,1,5,7,10,15-16,18H2,2-3H3/t23-,24+,25-,26?,28+/m1/s1. The van der Waals surface area contributed by atoms with Crippen LogP contribution in [0.4, 0.5) is 0 Å². The van der Waals surface area contributed by atoms with E-state index < -0.39 is 5.41 Å². The number of nitrogens with zero attached hydrogens (tertiary/aromatic N) is 1. The Morgan fingerprint density at radius 1 is 1.18 bits per heavy atom. The Morgan fingerprint density at radius 3 is 2.55 bits per heavy atom. The Labute approximate surface area is 207 Å². The molecule has 2 aromatic carbocycles. The summed E-state index contributed by atoms with van der Waals surface area (Å²) < 4.78 is 6.14. The molecule has 2 heterocycles. The lowest BCUT2D eigenvalue weighted by molar-refractivity contribution is -0.158. The second-order valence-electron chi connectivity index (χ2n) is 9.65. The molecule has 0 spiro atoms. The van der Waals surface area contributed by atoms with Gasteiger partial charge in [0.2, 0.25) is 5.91 Å². The van der Waals surface area contributed by atoms with E-state index in [1.807, 2.05) is 36.4 Å². The van der Waals surface area contributed by atoms with Crippen LogP contribution in [0.25, 0.3) is 0 Å². The molecule has 0 aromatic heterocycles. The number of rotatable bonds is 7. The van der Waals surface area contributed by atoms with Crippen molar-refractivity contribution in [2.45, 2.75) is 70.1 Å². The van der Waals surface area contributed by atoms with Crippen molar-refractivity contribution in [3.63, 3.8) is 0 Å². The third-order valence-electron chi connectivity index (χ3n) is 7.35. The summed E-state index contributed by atoms with van der Waals surface area (Å²) in [7, 11) is 0. The number of carbonyl (C=O) groups excluding carboxylic acids is 1. The lowest BCUT2D eigenvalue weighted by atomic mass is 9.66. The lowest BCUT2D eigenvalue weighted by Gasteiger charge is -2.53. The minimum Gasteiger partial charge on any atom is -0.376 e. The average Bonchev–Trinajstić information content (AvgIpc) is 3.33. The highest BCUT2D eigenvalue weighted by Crippen LogP contribution is 2.52. The molecule has 176 valence electrons. The van der Waals surface area contributed by atoms with Gasteiger partial charge in [0.05, 0.1) is 23.6 Å². The van der Waals surface area contributed by atoms with E-state index in [4.69, 9.17) is 27.9 Å². The van der Waals surface area contributed by atoms with Gasteiger partial charge in [-0.15, -0.1) is 6.58 Å². The Hall–Kier alpha value is -1.81. The van der Waals surface area contributed by atoms with Gasteiger partial charge in [0.25, 0.3) is 0 Å². The minimum atomic E-state index is -0.538.